The molecule has 22 heavy (non-hydrogen) atoms. The number of H-pyrrole nitrogens is 1. The van der Waals surface area contributed by atoms with Gasteiger partial charge >= 0.3 is 0 Å². The van der Waals surface area contributed by atoms with E-state index in [0.717, 1.165) is 31.8 Å². The van der Waals surface area contributed by atoms with Crippen molar-refractivity contribution in [2.75, 3.05) is 19.6 Å². The zero-order valence-electron chi connectivity index (χ0n) is 12.5. The Kier molecular flexibility index (Phi) is 3.64. The molecule has 1 fully saturated rings. The Bertz CT molecular complexity index is 734. The van der Waals surface area contributed by atoms with E-state index in [9.17, 15) is 0 Å². The number of nitrogens with one attached hydrogen (secondary N) is 1. The molecule has 1 atom stereocenters. The standard InChI is InChI=1S/C17H20N4O/c1-2-5-16-14(4-1)15(10-18-16)13-7-9-21(11-13)8-3-6-17-19-12-22-20-17/h1-2,4-5,10,12-13,18H,3,6-9,11H2/t13-/m0/s1. The van der Waals surface area contributed by atoms with Crippen LogP contribution in [0.4, 0.5) is 0 Å². The van der Waals surface area contributed by atoms with Crippen LogP contribution in [0.2, 0.25) is 0 Å². The van der Waals surface area contributed by atoms with Gasteiger partial charge in [0.2, 0.25) is 6.39 Å². The Hall–Kier alpha value is -2.14. The zero-order chi connectivity index (χ0) is 14.8. The second-order valence-electron chi connectivity index (χ2n) is 6.03. The summed E-state index contributed by atoms with van der Waals surface area (Å²) < 4.78 is 4.77. The van der Waals surface area contributed by atoms with E-state index < -0.39 is 0 Å². The Morgan fingerprint density at radius 1 is 1.32 bits per heavy atom. The number of hydrogen-bond donors (Lipinski definition) is 1. The largest absolute Gasteiger partial charge is 0.361 e. The maximum Gasteiger partial charge on any atom is 0.213 e. The lowest BCUT2D eigenvalue weighted by atomic mass is 9.98. The van der Waals surface area contributed by atoms with Crippen molar-refractivity contribution in [2.24, 2.45) is 0 Å². The van der Waals surface area contributed by atoms with Crippen molar-refractivity contribution >= 4 is 10.9 Å². The molecular formula is C17H20N4O. The molecule has 114 valence electrons. The molecule has 2 aromatic heterocycles. The number of para-hydroxylation sites is 1. The van der Waals surface area contributed by atoms with Crippen LogP contribution in [0.1, 0.15) is 30.1 Å². The molecule has 0 saturated carbocycles. The van der Waals surface area contributed by atoms with E-state index in [1.807, 2.05) is 0 Å². The Morgan fingerprint density at radius 3 is 3.18 bits per heavy atom. The maximum absolute atomic E-state index is 4.77. The number of hydrogen-bond acceptors (Lipinski definition) is 4. The minimum Gasteiger partial charge on any atom is -0.361 e. The monoisotopic (exact) mass is 296 g/mol. The third-order valence-corrected chi connectivity index (χ3v) is 4.62. The molecule has 3 aromatic rings. The lowest BCUT2D eigenvalue weighted by molar-refractivity contribution is 0.327. The van der Waals surface area contributed by atoms with Crippen molar-refractivity contribution in [2.45, 2.75) is 25.2 Å². The fourth-order valence-electron chi connectivity index (χ4n) is 3.48. The van der Waals surface area contributed by atoms with Crippen LogP contribution in [0.25, 0.3) is 10.9 Å². The van der Waals surface area contributed by atoms with Gasteiger partial charge in [0, 0.05) is 30.1 Å². The average Bonchev–Trinajstić information content (AvgIpc) is 3.27. The van der Waals surface area contributed by atoms with Gasteiger partial charge in [-0.2, -0.15) is 4.98 Å². The maximum atomic E-state index is 4.77. The van der Waals surface area contributed by atoms with Gasteiger partial charge in [-0.1, -0.05) is 23.4 Å². The van der Waals surface area contributed by atoms with Gasteiger partial charge in [-0.15, -0.1) is 0 Å². The van der Waals surface area contributed by atoms with Gasteiger partial charge in [-0.3, -0.25) is 0 Å². The van der Waals surface area contributed by atoms with Crippen LogP contribution < -0.4 is 0 Å². The fourth-order valence-corrected chi connectivity index (χ4v) is 3.48. The highest BCUT2D eigenvalue weighted by Crippen LogP contribution is 2.32. The molecule has 1 aliphatic rings. The van der Waals surface area contributed by atoms with Crippen LogP contribution >= 0.6 is 0 Å². The summed E-state index contributed by atoms with van der Waals surface area (Å²) in [5, 5.41) is 5.24. The normalized spacial score (nSPS) is 19.2. The third-order valence-electron chi connectivity index (χ3n) is 4.62. The third kappa shape index (κ3) is 2.64. The SMILES string of the molecule is c1ccc2c([C@H]3CCN(CCCc4ncon4)C3)c[nH]c2c1. The molecule has 0 radical (unpaired) electrons. The first-order valence-corrected chi connectivity index (χ1v) is 7.94. The first-order valence-electron chi connectivity index (χ1n) is 7.94. The molecule has 5 heteroatoms. The second-order valence-corrected chi connectivity index (χ2v) is 6.03. The predicted octanol–water partition coefficient (Wildman–Crippen LogP) is 2.97. The van der Waals surface area contributed by atoms with Crippen LogP contribution in [-0.4, -0.2) is 39.7 Å². The molecule has 0 unspecified atom stereocenters. The van der Waals surface area contributed by atoms with Gasteiger partial charge in [0.05, 0.1) is 0 Å². The smallest absolute Gasteiger partial charge is 0.213 e. The zero-order valence-corrected chi connectivity index (χ0v) is 12.5. The molecular weight excluding hydrogens is 276 g/mol. The molecule has 1 saturated heterocycles. The quantitative estimate of drug-likeness (QED) is 0.786. The van der Waals surface area contributed by atoms with E-state index in [4.69, 9.17) is 4.52 Å². The summed E-state index contributed by atoms with van der Waals surface area (Å²) in [6, 6.07) is 8.58. The van der Waals surface area contributed by atoms with E-state index in [0.29, 0.717) is 5.92 Å². The molecule has 1 N–H and O–H groups in total. The summed E-state index contributed by atoms with van der Waals surface area (Å²) in [7, 11) is 0. The Morgan fingerprint density at radius 2 is 2.27 bits per heavy atom. The van der Waals surface area contributed by atoms with Crippen LogP contribution in [0.15, 0.2) is 41.4 Å². The number of aryl methyl sites for hydroxylation is 1. The van der Waals surface area contributed by atoms with Crippen molar-refractivity contribution in [3.8, 4) is 0 Å². The van der Waals surface area contributed by atoms with Gasteiger partial charge in [-0.05, 0) is 43.5 Å². The summed E-state index contributed by atoms with van der Waals surface area (Å²) in [6.45, 7) is 3.43. The van der Waals surface area contributed by atoms with Gasteiger partial charge in [0.1, 0.15) is 0 Å². The summed E-state index contributed by atoms with van der Waals surface area (Å²) in [4.78, 5) is 10.0. The molecule has 0 spiro atoms. The van der Waals surface area contributed by atoms with Crippen molar-refractivity contribution in [1.82, 2.24) is 20.0 Å². The second kappa shape index (κ2) is 5.93. The molecule has 4 rings (SSSR count). The molecule has 0 amide bonds. The number of rotatable bonds is 5. The van der Waals surface area contributed by atoms with Crippen LogP contribution in [0.3, 0.4) is 0 Å². The number of aromatic amines is 1. The lowest BCUT2D eigenvalue weighted by Crippen LogP contribution is -2.22. The molecule has 5 nitrogen and oxygen atoms in total. The fraction of sp³-hybridized carbons (Fsp3) is 0.412. The number of nitrogens with zero attached hydrogens (tertiary/aromatic N) is 3. The van der Waals surface area contributed by atoms with E-state index in [1.54, 1.807) is 0 Å². The van der Waals surface area contributed by atoms with Crippen LogP contribution in [-0.2, 0) is 6.42 Å². The van der Waals surface area contributed by atoms with Crippen molar-refractivity contribution in [1.29, 1.82) is 0 Å². The number of benzene rings is 1. The summed E-state index contributed by atoms with van der Waals surface area (Å²) in [6.07, 6.45) is 6.81. The summed E-state index contributed by atoms with van der Waals surface area (Å²) >= 11 is 0. The van der Waals surface area contributed by atoms with Crippen LogP contribution in [0, 0.1) is 0 Å². The van der Waals surface area contributed by atoms with E-state index in [2.05, 4.69) is 50.5 Å². The summed E-state index contributed by atoms with van der Waals surface area (Å²) in [5.41, 5.74) is 2.71. The van der Waals surface area contributed by atoms with Gasteiger partial charge in [-0.25, -0.2) is 0 Å². The topological polar surface area (TPSA) is 58.0 Å². The van der Waals surface area contributed by atoms with E-state index in [-0.39, 0.29) is 0 Å². The number of fused-ring (bicyclic) bond motifs is 1. The minimum atomic E-state index is 0.640. The van der Waals surface area contributed by atoms with Gasteiger partial charge in [0.25, 0.3) is 0 Å². The molecule has 1 aliphatic heterocycles. The first kappa shape index (κ1) is 13.5. The van der Waals surface area contributed by atoms with Crippen molar-refractivity contribution in [3.05, 3.63) is 48.2 Å². The van der Waals surface area contributed by atoms with Gasteiger partial charge < -0.3 is 14.4 Å². The highest BCUT2D eigenvalue weighted by Gasteiger charge is 2.25. The van der Waals surface area contributed by atoms with E-state index in [1.165, 1.54) is 35.8 Å². The summed E-state index contributed by atoms with van der Waals surface area (Å²) in [5.74, 6) is 1.45. The van der Waals surface area contributed by atoms with Crippen molar-refractivity contribution in [3.63, 3.8) is 0 Å². The van der Waals surface area contributed by atoms with Crippen molar-refractivity contribution < 1.29 is 4.52 Å². The first-order chi connectivity index (χ1) is 10.9. The molecule has 0 aliphatic carbocycles. The van der Waals surface area contributed by atoms with Gasteiger partial charge in [0.15, 0.2) is 5.82 Å². The molecule has 3 heterocycles. The molecule has 1 aromatic carbocycles. The highest BCUT2D eigenvalue weighted by molar-refractivity contribution is 5.83. The molecule has 0 bridgehead atoms. The Labute approximate surface area is 129 Å². The minimum absolute atomic E-state index is 0.640. The number of likely N-dealkylation sites (tertiary alicyclic amines) is 1. The lowest BCUT2D eigenvalue weighted by Gasteiger charge is -2.15. The Balaban J connectivity index is 1.36. The number of aromatic nitrogens is 3. The van der Waals surface area contributed by atoms with E-state index >= 15 is 0 Å². The highest BCUT2D eigenvalue weighted by atomic mass is 16.5. The predicted molar refractivity (Wildman–Crippen MR) is 84.7 cm³/mol. The van der Waals surface area contributed by atoms with Crippen LogP contribution in [0.5, 0.6) is 0 Å². The average molecular weight is 296 g/mol.